The summed E-state index contributed by atoms with van der Waals surface area (Å²) in [6, 6.07) is 7.39. The zero-order valence-corrected chi connectivity index (χ0v) is 12.0. The zero-order valence-electron chi connectivity index (χ0n) is 11.3. The predicted molar refractivity (Wildman–Crippen MR) is 76.9 cm³/mol. The van der Waals surface area contributed by atoms with Crippen LogP contribution in [0.1, 0.15) is 12.1 Å². The first-order chi connectivity index (χ1) is 9.74. The van der Waals surface area contributed by atoms with Crippen molar-refractivity contribution < 1.29 is 14.1 Å². The van der Waals surface area contributed by atoms with Gasteiger partial charge in [0.15, 0.2) is 5.58 Å². The molecule has 1 atom stereocenters. The number of carbonyl (C=O) groups excluding carboxylic acids is 1. The number of fused-ring (bicyclic) bond motifs is 1. The van der Waals surface area contributed by atoms with Gasteiger partial charge < -0.3 is 14.6 Å². The average molecular weight is 297 g/mol. The van der Waals surface area contributed by atoms with Gasteiger partial charge in [-0.1, -0.05) is 17.3 Å². The monoisotopic (exact) mass is 296 g/mol. The van der Waals surface area contributed by atoms with Crippen LogP contribution in [-0.2, 0) is 16.0 Å². The Bertz CT molecular complexity index is 564. The van der Waals surface area contributed by atoms with Crippen molar-refractivity contribution in [2.24, 2.45) is 0 Å². The van der Waals surface area contributed by atoms with Gasteiger partial charge in [0.2, 0.25) is 5.91 Å². The van der Waals surface area contributed by atoms with Crippen molar-refractivity contribution in [3.05, 3.63) is 30.0 Å². The summed E-state index contributed by atoms with van der Waals surface area (Å²) in [5, 5.41) is 7.70. The summed E-state index contributed by atoms with van der Waals surface area (Å²) in [6.07, 6.45) is 0.847. The Kier molecular flexibility index (Phi) is 5.38. The van der Waals surface area contributed by atoms with Crippen molar-refractivity contribution in [1.82, 2.24) is 10.5 Å². The second-order valence-corrected chi connectivity index (χ2v) is 4.88. The van der Waals surface area contributed by atoms with Gasteiger partial charge >= 0.3 is 0 Å². The maximum absolute atomic E-state index is 12.0. The number of methoxy groups -OCH3 is 1. The molecule has 1 heterocycles. The molecule has 1 aromatic heterocycles. The number of hydrogen-bond donors (Lipinski definition) is 1. The summed E-state index contributed by atoms with van der Waals surface area (Å²) >= 11 is 5.70. The molecule has 2 aromatic rings. The zero-order chi connectivity index (χ0) is 14.4. The number of amides is 1. The number of rotatable bonds is 7. The number of para-hydroxylation sites is 1. The Morgan fingerprint density at radius 2 is 2.30 bits per heavy atom. The van der Waals surface area contributed by atoms with Gasteiger partial charge in [-0.05, 0) is 18.6 Å². The Balaban J connectivity index is 2.00. The van der Waals surface area contributed by atoms with Crippen molar-refractivity contribution in [3.63, 3.8) is 0 Å². The minimum absolute atomic E-state index is 0.0804. The Hall–Kier alpha value is -1.59. The molecule has 1 unspecified atom stereocenters. The highest BCUT2D eigenvalue weighted by Crippen LogP contribution is 2.18. The van der Waals surface area contributed by atoms with Gasteiger partial charge in [0.05, 0.1) is 19.1 Å². The minimum Gasteiger partial charge on any atom is -0.383 e. The lowest BCUT2D eigenvalue weighted by molar-refractivity contribution is -0.121. The molecule has 2 rings (SSSR count). The summed E-state index contributed by atoms with van der Waals surface area (Å²) in [5.74, 6) is 0.359. The molecule has 1 aromatic carbocycles. The first-order valence-electron chi connectivity index (χ1n) is 6.42. The third-order valence-electron chi connectivity index (χ3n) is 2.97. The molecule has 6 heteroatoms. The highest BCUT2D eigenvalue weighted by Gasteiger charge is 2.15. The number of ether oxygens (including phenoxy) is 1. The van der Waals surface area contributed by atoms with Gasteiger partial charge in [-0.2, -0.15) is 0 Å². The van der Waals surface area contributed by atoms with Crippen LogP contribution in [-0.4, -0.2) is 36.7 Å². The summed E-state index contributed by atoms with van der Waals surface area (Å²) in [4.78, 5) is 12.0. The largest absolute Gasteiger partial charge is 0.383 e. The lowest BCUT2D eigenvalue weighted by Crippen LogP contribution is -2.39. The molecule has 0 spiro atoms. The molecule has 20 heavy (non-hydrogen) atoms. The fourth-order valence-electron chi connectivity index (χ4n) is 2.03. The van der Waals surface area contributed by atoms with Crippen LogP contribution in [0.4, 0.5) is 0 Å². The molecular formula is C14H17ClN2O3. The Labute approximate surface area is 122 Å². The number of benzene rings is 1. The molecule has 0 bridgehead atoms. The fraction of sp³-hybridized carbons (Fsp3) is 0.429. The van der Waals surface area contributed by atoms with Gasteiger partial charge in [0.25, 0.3) is 0 Å². The molecular weight excluding hydrogens is 280 g/mol. The first-order valence-corrected chi connectivity index (χ1v) is 6.95. The van der Waals surface area contributed by atoms with E-state index in [1.807, 2.05) is 24.3 Å². The minimum atomic E-state index is -0.115. The van der Waals surface area contributed by atoms with E-state index in [1.54, 1.807) is 7.11 Å². The molecule has 0 aliphatic rings. The Morgan fingerprint density at radius 3 is 3.05 bits per heavy atom. The summed E-state index contributed by atoms with van der Waals surface area (Å²) in [7, 11) is 1.60. The Morgan fingerprint density at radius 1 is 1.50 bits per heavy atom. The van der Waals surface area contributed by atoms with E-state index in [4.69, 9.17) is 20.9 Å². The van der Waals surface area contributed by atoms with E-state index in [0.29, 0.717) is 30.2 Å². The van der Waals surface area contributed by atoms with E-state index in [0.717, 1.165) is 5.39 Å². The van der Waals surface area contributed by atoms with Crippen LogP contribution in [0.5, 0.6) is 0 Å². The normalized spacial score (nSPS) is 12.5. The molecule has 0 aliphatic heterocycles. The maximum atomic E-state index is 12.0. The lowest BCUT2D eigenvalue weighted by Gasteiger charge is -2.16. The van der Waals surface area contributed by atoms with Crippen molar-refractivity contribution in [2.75, 3.05) is 19.6 Å². The molecule has 108 valence electrons. The fourth-order valence-corrected chi connectivity index (χ4v) is 2.29. The molecule has 0 saturated heterocycles. The quantitative estimate of drug-likeness (QED) is 0.795. The van der Waals surface area contributed by atoms with Crippen LogP contribution < -0.4 is 5.32 Å². The number of carbonyl (C=O) groups is 1. The number of nitrogens with zero attached hydrogens (tertiary/aromatic N) is 1. The summed E-state index contributed by atoms with van der Waals surface area (Å²) in [5.41, 5.74) is 1.32. The number of aromatic nitrogens is 1. The van der Waals surface area contributed by atoms with Crippen LogP contribution in [0, 0.1) is 0 Å². The van der Waals surface area contributed by atoms with Gasteiger partial charge in [-0.15, -0.1) is 11.6 Å². The first kappa shape index (κ1) is 14.8. The lowest BCUT2D eigenvalue weighted by atomic mass is 10.1. The number of hydrogen-bond acceptors (Lipinski definition) is 4. The van der Waals surface area contributed by atoms with Crippen molar-refractivity contribution in [1.29, 1.82) is 0 Å². The predicted octanol–water partition coefficient (Wildman–Crippen LogP) is 2.13. The highest BCUT2D eigenvalue weighted by atomic mass is 35.5. The summed E-state index contributed by atoms with van der Waals surface area (Å²) in [6.45, 7) is 0.442. The second kappa shape index (κ2) is 7.26. The van der Waals surface area contributed by atoms with E-state index >= 15 is 0 Å². The molecule has 0 fully saturated rings. The molecule has 0 aliphatic carbocycles. The molecule has 1 amide bonds. The van der Waals surface area contributed by atoms with Crippen LogP contribution in [0.3, 0.4) is 0 Å². The maximum Gasteiger partial charge on any atom is 0.226 e. The van der Waals surface area contributed by atoms with Crippen LogP contribution in [0.25, 0.3) is 11.0 Å². The van der Waals surface area contributed by atoms with Crippen molar-refractivity contribution in [3.8, 4) is 0 Å². The van der Waals surface area contributed by atoms with E-state index in [2.05, 4.69) is 10.5 Å². The molecule has 0 radical (unpaired) electrons. The van der Waals surface area contributed by atoms with Crippen molar-refractivity contribution >= 4 is 28.5 Å². The SMILES string of the molecule is COCC(CCCl)NC(=O)Cc1noc2ccccc12. The van der Waals surface area contributed by atoms with E-state index in [-0.39, 0.29) is 18.4 Å². The number of halogens is 1. The standard InChI is InChI=1S/C14H17ClN2O3/c1-19-9-10(6-7-15)16-14(18)8-12-11-4-2-3-5-13(11)20-17-12/h2-5,10H,6-9H2,1H3,(H,16,18). The van der Waals surface area contributed by atoms with Gasteiger partial charge in [-0.25, -0.2) is 0 Å². The van der Waals surface area contributed by atoms with E-state index < -0.39 is 0 Å². The van der Waals surface area contributed by atoms with Crippen molar-refractivity contribution in [2.45, 2.75) is 18.9 Å². The third kappa shape index (κ3) is 3.71. The number of nitrogens with one attached hydrogen (secondary N) is 1. The van der Waals surface area contributed by atoms with Crippen LogP contribution in [0.2, 0.25) is 0 Å². The smallest absolute Gasteiger partial charge is 0.226 e. The van der Waals surface area contributed by atoms with Crippen LogP contribution in [0.15, 0.2) is 28.8 Å². The second-order valence-electron chi connectivity index (χ2n) is 4.50. The van der Waals surface area contributed by atoms with Gasteiger partial charge in [0, 0.05) is 18.4 Å². The van der Waals surface area contributed by atoms with Crippen LogP contribution >= 0.6 is 11.6 Å². The van der Waals surface area contributed by atoms with E-state index in [9.17, 15) is 4.79 Å². The highest BCUT2D eigenvalue weighted by molar-refractivity contribution is 6.17. The molecule has 1 N–H and O–H groups in total. The molecule has 0 saturated carbocycles. The van der Waals surface area contributed by atoms with Gasteiger partial charge in [-0.3, -0.25) is 4.79 Å². The topological polar surface area (TPSA) is 64.4 Å². The average Bonchev–Trinajstić information content (AvgIpc) is 2.83. The number of alkyl halides is 1. The summed E-state index contributed by atoms with van der Waals surface area (Å²) < 4.78 is 10.2. The third-order valence-corrected chi connectivity index (χ3v) is 3.19. The van der Waals surface area contributed by atoms with E-state index in [1.165, 1.54) is 0 Å². The van der Waals surface area contributed by atoms with Gasteiger partial charge in [0.1, 0.15) is 5.69 Å². The molecule has 5 nitrogen and oxygen atoms in total.